The Balaban J connectivity index is 1.37. The molecular formula is C29H28N6O. The Bertz CT molecular complexity index is 1440. The van der Waals surface area contributed by atoms with E-state index < -0.39 is 0 Å². The highest BCUT2D eigenvalue weighted by molar-refractivity contribution is 5.89. The summed E-state index contributed by atoms with van der Waals surface area (Å²) in [6.45, 7) is 5.66. The highest BCUT2D eigenvalue weighted by atomic mass is 16.2. The van der Waals surface area contributed by atoms with Crippen LogP contribution in [0.2, 0.25) is 0 Å². The van der Waals surface area contributed by atoms with Crippen molar-refractivity contribution in [1.29, 1.82) is 0 Å². The molecule has 3 aromatic carbocycles. The number of allylic oxidation sites excluding steroid dienone is 1. The van der Waals surface area contributed by atoms with Gasteiger partial charge in [-0.05, 0) is 59.0 Å². The van der Waals surface area contributed by atoms with E-state index >= 15 is 0 Å². The third kappa shape index (κ3) is 4.06. The number of benzene rings is 3. The lowest BCUT2D eigenvalue weighted by Gasteiger charge is -2.35. The lowest BCUT2D eigenvalue weighted by atomic mass is 9.99. The van der Waals surface area contributed by atoms with Gasteiger partial charge in [0.1, 0.15) is 12.6 Å². The van der Waals surface area contributed by atoms with E-state index in [1.807, 2.05) is 15.9 Å². The normalized spacial score (nSPS) is 16.8. The zero-order chi connectivity index (χ0) is 24.6. The second kappa shape index (κ2) is 9.07. The van der Waals surface area contributed by atoms with Gasteiger partial charge in [-0.25, -0.2) is 0 Å². The topological polar surface area (TPSA) is 67.2 Å². The van der Waals surface area contributed by atoms with E-state index in [9.17, 15) is 4.79 Å². The monoisotopic (exact) mass is 476 g/mol. The Morgan fingerprint density at radius 3 is 2.36 bits per heavy atom. The van der Waals surface area contributed by atoms with Gasteiger partial charge in [0.15, 0.2) is 0 Å². The Hall–Kier alpha value is -4.26. The van der Waals surface area contributed by atoms with E-state index in [1.54, 1.807) is 4.68 Å². The number of aromatic nitrogens is 4. The third-order valence-corrected chi connectivity index (χ3v) is 7.13. The smallest absolute Gasteiger partial charge is 0.251 e. The van der Waals surface area contributed by atoms with E-state index in [0.29, 0.717) is 19.0 Å². The van der Waals surface area contributed by atoms with Crippen molar-refractivity contribution in [3.63, 3.8) is 0 Å². The van der Waals surface area contributed by atoms with Crippen molar-refractivity contribution in [2.45, 2.75) is 32.9 Å². The van der Waals surface area contributed by atoms with Crippen molar-refractivity contribution in [2.75, 3.05) is 18.0 Å². The maximum absolute atomic E-state index is 13.6. The first-order valence-corrected chi connectivity index (χ1v) is 12.3. The summed E-state index contributed by atoms with van der Waals surface area (Å²) in [6, 6.07) is 25.0. The molecule has 0 saturated carbocycles. The van der Waals surface area contributed by atoms with Crippen LogP contribution < -0.4 is 4.90 Å². The van der Waals surface area contributed by atoms with Gasteiger partial charge in [-0.1, -0.05) is 89.0 Å². The van der Waals surface area contributed by atoms with Gasteiger partial charge in [-0.15, -0.1) is 0 Å². The molecule has 0 N–H and O–H groups in total. The van der Waals surface area contributed by atoms with Crippen LogP contribution in [0.25, 0.3) is 5.70 Å². The van der Waals surface area contributed by atoms with Crippen molar-refractivity contribution in [2.24, 2.45) is 0 Å². The zero-order valence-electron chi connectivity index (χ0n) is 20.5. The summed E-state index contributed by atoms with van der Waals surface area (Å²) in [7, 11) is 0. The van der Waals surface area contributed by atoms with Crippen LogP contribution in [0.3, 0.4) is 0 Å². The highest BCUT2D eigenvalue weighted by Crippen LogP contribution is 2.36. The summed E-state index contributed by atoms with van der Waals surface area (Å²) >= 11 is 0. The number of aryl methyl sites for hydroxylation is 2. The fourth-order valence-electron chi connectivity index (χ4n) is 5.04. The molecule has 0 radical (unpaired) electrons. The molecule has 7 heteroatoms. The third-order valence-electron chi connectivity index (χ3n) is 7.13. The Kier molecular flexibility index (Phi) is 5.60. The molecule has 0 spiro atoms. The van der Waals surface area contributed by atoms with Gasteiger partial charge >= 0.3 is 0 Å². The van der Waals surface area contributed by atoms with E-state index in [4.69, 9.17) is 0 Å². The van der Waals surface area contributed by atoms with Crippen molar-refractivity contribution in [3.05, 3.63) is 112 Å². The Morgan fingerprint density at radius 1 is 0.917 bits per heavy atom. The predicted octanol–water partition coefficient (Wildman–Crippen LogP) is 4.33. The molecule has 1 atom stereocenters. The average Bonchev–Trinajstić information content (AvgIpc) is 3.40. The molecule has 0 unspecified atom stereocenters. The van der Waals surface area contributed by atoms with Crippen LogP contribution in [0, 0.1) is 13.8 Å². The first-order chi connectivity index (χ1) is 17.6. The Labute approximate surface area is 210 Å². The quantitative estimate of drug-likeness (QED) is 0.439. The molecule has 4 aromatic rings. The summed E-state index contributed by atoms with van der Waals surface area (Å²) in [6.07, 6.45) is 3.04. The van der Waals surface area contributed by atoms with Crippen LogP contribution in [0.5, 0.6) is 0 Å². The molecule has 0 aliphatic carbocycles. The standard InChI is InChI=1S/C29H28N6O/c1-20-7-11-23(12-8-20)26-17-27(24-13-9-21(2)10-14-24)35-29(30-31-32-35)34(26)19-28(36)33-16-15-22-5-3-4-6-25(22)18-33/h3-14,17,27H,15-16,18-19H2,1-2H3/t27-/m0/s1. The van der Waals surface area contributed by atoms with Gasteiger partial charge < -0.3 is 4.90 Å². The number of hydrogen-bond acceptors (Lipinski definition) is 5. The molecule has 3 heterocycles. The summed E-state index contributed by atoms with van der Waals surface area (Å²) < 4.78 is 1.81. The number of amides is 1. The van der Waals surface area contributed by atoms with Crippen LogP contribution >= 0.6 is 0 Å². The van der Waals surface area contributed by atoms with Gasteiger partial charge in [0, 0.05) is 13.1 Å². The second-order valence-electron chi connectivity index (χ2n) is 9.62. The number of hydrogen-bond donors (Lipinski definition) is 0. The minimum Gasteiger partial charge on any atom is -0.336 e. The molecule has 180 valence electrons. The largest absolute Gasteiger partial charge is 0.336 e. The first-order valence-electron chi connectivity index (χ1n) is 12.3. The molecular weight excluding hydrogens is 448 g/mol. The van der Waals surface area contributed by atoms with Crippen molar-refractivity contribution in [3.8, 4) is 0 Å². The molecule has 2 aliphatic rings. The van der Waals surface area contributed by atoms with Crippen LogP contribution in [-0.4, -0.2) is 44.1 Å². The zero-order valence-corrected chi connectivity index (χ0v) is 20.5. The number of fused-ring (bicyclic) bond motifs is 2. The first kappa shape index (κ1) is 22.2. The van der Waals surface area contributed by atoms with Crippen LogP contribution in [0.1, 0.15) is 39.4 Å². The van der Waals surface area contributed by atoms with Crippen molar-refractivity contribution in [1.82, 2.24) is 25.1 Å². The number of anilines is 1. The van der Waals surface area contributed by atoms with E-state index in [2.05, 4.69) is 102 Å². The molecule has 1 amide bonds. The summed E-state index contributed by atoms with van der Waals surface area (Å²) in [4.78, 5) is 17.5. The number of nitrogens with zero attached hydrogens (tertiary/aromatic N) is 6. The summed E-state index contributed by atoms with van der Waals surface area (Å²) in [5.41, 5.74) is 7.99. The van der Waals surface area contributed by atoms with Gasteiger partial charge in [0.2, 0.25) is 5.91 Å². The number of tetrazole rings is 1. The van der Waals surface area contributed by atoms with Gasteiger partial charge in [-0.3, -0.25) is 9.69 Å². The number of carbonyl (C=O) groups is 1. The fourth-order valence-corrected chi connectivity index (χ4v) is 5.04. The minimum absolute atomic E-state index is 0.0610. The molecule has 1 aromatic heterocycles. The van der Waals surface area contributed by atoms with Crippen LogP contribution in [0.4, 0.5) is 5.95 Å². The van der Waals surface area contributed by atoms with E-state index in [-0.39, 0.29) is 18.5 Å². The molecule has 6 rings (SSSR count). The molecule has 7 nitrogen and oxygen atoms in total. The van der Waals surface area contributed by atoms with Gasteiger partial charge in [-0.2, -0.15) is 4.68 Å². The van der Waals surface area contributed by atoms with E-state index in [0.717, 1.165) is 23.2 Å². The Morgan fingerprint density at radius 2 is 1.61 bits per heavy atom. The molecule has 36 heavy (non-hydrogen) atoms. The van der Waals surface area contributed by atoms with Crippen molar-refractivity contribution >= 4 is 17.6 Å². The highest BCUT2D eigenvalue weighted by Gasteiger charge is 2.33. The molecule has 0 saturated heterocycles. The minimum atomic E-state index is -0.167. The fraction of sp³-hybridized carbons (Fsp3) is 0.241. The maximum atomic E-state index is 13.6. The van der Waals surface area contributed by atoms with E-state index in [1.165, 1.54) is 22.3 Å². The van der Waals surface area contributed by atoms with Gasteiger partial charge in [0.05, 0.1) is 5.70 Å². The number of rotatable bonds is 4. The lowest BCUT2D eigenvalue weighted by Crippen LogP contribution is -2.44. The molecule has 0 bridgehead atoms. The molecule has 2 aliphatic heterocycles. The average molecular weight is 477 g/mol. The summed E-state index contributed by atoms with van der Waals surface area (Å²) in [5.74, 6) is 0.635. The van der Waals surface area contributed by atoms with Crippen LogP contribution in [0.15, 0.2) is 78.9 Å². The second-order valence-corrected chi connectivity index (χ2v) is 9.62. The maximum Gasteiger partial charge on any atom is 0.251 e. The van der Waals surface area contributed by atoms with Gasteiger partial charge in [0.25, 0.3) is 5.95 Å². The van der Waals surface area contributed by atoms with Crippen LogP contribution in [-0.2, 0) is 17.8 Å². The predicted molar refractivity (Wildman–Crippen MR) is 139 cm³/mol. The summed E-state index contributed by atoms with van der Waals surface area (Å²) in [5, 5.41) is 12.7. The SMILES string of the molecule is Cc1ccc(C2=C[C@@H](c3ccc(C)cc3)n3nnnc3N2CC(=O)N2CCc3ccccc3C2)cc1. The van der Waals surface area contributed by atoms with Crippen molar-refractivity contribution < 1.29 is 4.79 Å². The molecule has 0 fully saturated rings. The lowest BCUT2D eigenvalue weighted by molar-refractivity contribution is -0.130. The number of carbonyl (C=O) groups excluding carboxylic acids is 1.